The summed E-state index contributed by atoms with van der Waals surface area (Å²) in [6.07, 6.45) is -1.27. The molecule has 0 heterocycles. The van der Waals surface area contributed by atoms with Gasteiger partial charge in [0.1, 0.15) is 6.10 Å². The molecule has 0 spiro atoms. The van der Waals surface area contributed by atoms with Crippen LogP contribution in [-0.2, 0) is 16.0 Å². The van der Waals surface area contributed by atoms with Crippen LogP contribution in [0.5, 0.6) is 0 Å². The smallest absolute Gasteiger partial charge is 0.272 e. The van der Waals surface area contributed by atoms with E-state index in [4.69, 9.17) is 5.21 Å². The summed E-state index contributed by atoms with van der Waals surface area (Å²) in [4.78, 5) is 37.8. The normalized spacial score (nSPS) is 13.9. The molecule has 0 saturated heterocycles. The predicted octanol–water partition coefficient (Wildman–Crippen LogP) is 2.13. The molecule has 3 atom stereocenters. The molecule has 0 radical (unpaired) electrons. The van der Waals surface area contributed by atoms with Gasteiger partial charge in [0.15, 0.2) is 5.78 Å². The minimum Gasteiger partial charge on any atom is -0.382 e. The van der Waals surface area contributed by atoms with Crippen LogP contribution >= 0.6 is 0 Å². The quantitative estimate of drug-likeness (QED) is 0.271. The van der Waals surface area contributed by atoms with E-state index < -0.39 is 29.9 Å². The molecule has 0 aliphatic rings. The summed E-state index contributed by atoms with van der Waals surface area (Å²) in [6.45, 7) is 3.70. The zero-order chi connectivity index (χ0) is 22.1. The summed E-state index contributed by atoms with van der Waals surface area (Å²) in [5.41, 5.74) is 2.69. The number of carbonyl (C=O) groups excluding carboxylic acids is 3. The fraction of sp³-hybridized carbons (Fsp3) is 0.348. The number of Topliss-reactive ketones (excluding diaryl/α,β-unsaturated/α-hetero) is 1. The van der Waals surface area contributed by atoms with Gasteiger partial charge < -0.3 is 10.4 Å². The lowest BCUT2D eigenvalue weighted by Crippen LogP contribution is -2.50. The second-order valence-electron chi connectivity index (χ2n) is 7.64. The average molecular weight is 412 g/mol. The van der Waals surface area contributed by atoms with Crippen LogP contribution in [-0.4, -0.2) is 40.1 Å². The minimum atomic E-state index is -1.73. The Balaban J connectivity index is 2.28. The Hall–Kier alpha value is -3.03. The molecule has 2 aromatic carbocycles. The van der Waals surface area contributed by atoms with Crippen molar-refractivity contribution in [1.29, 1.82) is 0 Å². The molecule has 0 saturated carbocycles. The third kappa shape index (κ3) is 6.50. The second kappa shape index (κ2) is 11.2. The Morgan fingerprint density at radius 1 is 0.900 bits per heavy atom. The number of hydroxylamine groups is 1. The highest BCUT2D eigenvalue weighted by atomic mass is 16.5. The van der Waals surface area contributed by atoms with Crippen molar-refractivity contribution in [2.24, 2.45) is 11.8 Å². The van der Waals surface area contributed by atoms with Gasteiger partial charge in [0.05, 0.1) is 12.0 Å². The summed E-state index contributed by atoms with van der Waals surface area (Å²) >= 11 is 0. The number of ketones is 1. The van der Waals surface area contributed by atoms with Crippen molar-refractivity contribution < 1.29 is 24.7 Å². The molecule has 0 bridgehead atoms. The van der Waals surface area contributed by atoms with Gasteiger partial charge in [0, 0.05) is 12.0 Å². The van der Waals surface area contributed by atoms with E-state index in [-0.39, 0.29) is 24.5 Å². The van der Waals surface area contributed by atoms with Gasteiger partial charge in [-0.05, 0) is 17.9 Å². The van der Waals surface area contributed by atoms with Crippen molar-refractivity contribution in [1.82, 2.24) is 10.8 Å². The number of hydrogen-bond donors (Lipinski definition) is 4. The molecule has 0 fully saturated rings. The molecule has 160 valence electrons. The van der Waals surface area contributed by atoms with Crippen molar-refractivity contribution >= 4 is 17.6 Å². The predicted molar refractivity (Wildman–Crippen MR) is 112 cm³/mol. The highest BCUT2D eigenvalue weighted by Gasteiger charge is 2.35. The first kappa shape index (κ1) is 23.3. The Morgan fingerprint density at radius 3 is 2.00 bits per heavy atom. The van der Waals surface area contributed by atoms with Crippen LogP contribution in [0.2, 0.25) is 0 Å². The largest absolute Gasteiger partial charge is 0.382 e. The topological polar surface area (TPSA) is 116 Å². The molecular formula is C23H28N2O5. The van der Waals surface area contributed by atoms with E-state index >= 15 is 0 Å². The van der Waals surface area contributed by atoms with Crippen LogP contribution < -0.4 is 10.8 Å². The molecule has 2 rings (SSSR count). The molecule has 7 heteroatoms. The van der Waals surface area contributed by atoms with Crippen LogP contribution in [0.3, 0.4) is 0 Å². The standard InChI is InChI=1S/C23H28N2O5/c1-15(2)13-18(21(27)23(29)25-30)22(28)24-19(14-16-9-5-3-6-10-16)20(26)17-11-7-4-8-12-17/h3-12,15,18-19,21,27,30H,13-14H2,1-2H3,(H,24,28)(H,25,29)/t18-,19+,21+/m1/s1. The maximum atomic E-state index is 13.1. The Labute approximate surface area is 176 Å². The first-order valence-electron chi connectivity index (χ1n) is 9.89. The number of aliphatic hydroxyl groups is 1. The summed E-state index contributed by atoms with van der Waals surface area (Å²) < 4.78 is 0. The number of nitrogens with one attached hydrogen (secondary N) is 2. The van der Waals surface area contributed by atoms with Gasteiger partial charge in [-0.3, -0.25) is 19.6 Å². The van der Waals surface area contributed by atoms with Crippen molar-refractivity contribution in [2.75, 3.05) is 0 Å². The zero-order valence-electron chi connectivity index (χ0n) is 17.1. The highest BCUT2D eigenvalue weighted by Crippen LogP contribution is 2.18. The first-order valence-corrected chi connectivity index (χ1v) is 9.89. The van der Waals surface area contributed by atoms with Crippen LogP contribution in [0, 0.1) is 11.8 Å². The van der Waals surface area contributed by atoms with Gasteiger partial charge in [0.25, 0.3) is 5.91 Å². The third-order valence-electron chi connectivity index (χ3n) is 4.80. The molecule has 0 aliphatic carbocycles. The fourth-order valence-corrected chi connectivity index (χ4v) is 3.28. The zero-order valence-corrected chi connectivity index (χ0v) is 17.1. The second-order valence-corrected chi connectivity index (χ2v) is 7.64. The molecule has 4 N–H and O–H groups in total. The van der Waals surface area contributed by atoms with E-state index in [1.54, 1.807) is 30.3 Å². The average Bonchev–Trinajstić information content (AvgIpc) is 2.76. The lowest BCUT2D eigenvalue weighted by atomic mass is 9.89. The van der Waals surface area contributed by atoms with Crippen molar-refractivity contribution in [2.45, 2.75) is 38.8 Å². The van der Waals surface area contributed by atoms with E-state index in [0.29, 0.717) is 5.56 Å². The first-order chi connectivity index (χ1) is 14.3. The SMILES string of the molecule is CC(C)C[C@@H](C(=O)N[C@@H](Cc1ccccc1)C(=O)c1ccccc1)[C@H](O)C(=O)NO. The molecule has 2 amide bonds. The van der Waals surface area contributed by atoms with Crippen LogP contribution in [0.15, 0.2) is 60.7 Å². The number of carbonyl (C=O) groups is 3. The number of hydrogen-bond acceptors (Lipinski definition) is 5. The molecule has 0 aromatic heterocycles. The van der Waals surface area contributed by atoms with Gasteiger partial charge >= 0.3 is 0 Å². The third-order valence-corrected chi connectivity index (χ3v) is 4.80. The van der Waals surface area contributed by atoms with Crippen molar-refractivity contribution in [3.05, 3.63) is 71.8 Å². The minimum absolute atomic E-state index is 0.000656. The van der Waals surface area contributed by atoms with Crippen LogP contribution in [0.1, 0.15) is 36.2 Å². The maximum absolute atomic E-state index is 13.1. The number of aliphatic hydroxyl groups excluding tert-OH is 1. The maximum Gasteiger partial charge on any atom is 0.272 e. The Kier molecular flexibility index (Phi) is 8.70. The summed E-state index contributed by atoms with van der Waals surface area (Å²) in [5, 5.41) is 21.8. The van der Waals surface area contributed by atoms with Crippen LogP contribution in [0.25, 0.3) is 0 Å². The fourth-order valence-electron chi connectivity index (χ4n) is 3.28. The van der Waals surface area contributed by atoms with E-state index in [2.05, 4.69) is 5.32 Å². The van der Waals surface area contributed by atoms with E-state index in [1.165, 1.54) is 5.48 Å². The van der Waals surface area contributed by atoms with Gasteiger partial charge in [0.2, 0.25) is 5.91 Å². The molecule has 30 heavy (non-hydrogen) atoms. The monoisotopic (exact) mass is 412 g/mol. The Bertz CT molecular complexity index is 839. The van der Waals surface area contributed by atoms with Gasteiger partial charge in [-0.1, -0.05) is 74.5 Å². The molecule has 2 aromatic rings. The Morgan fingerprint density at radius 2 is 1.47 bits per heavy atom. The van der Waals surface area contributed by atoms with Crippen LogP contribution in [0.4, 0.5) is 0 Å². The molecule has 0 aliphatic heterocycles. The number of amides is 2. The van der Waals surface area contributed by atoms with E-state index in [0.717, 1.165) is 5.56 Å². The summed E-state index contributed by atoms with van der Waals surface area (Å²) in [6, 6.07) is 17.0. The van der Waals surface area contributed by atoms with E-state index in [1.807, 2.05) is 44.2 Å². The number of benzene rings is 2. The highest BCUT2D eigenvalue weighted by molar-refractivity contribution is 6.02. The lowest BCUT2D eigenvalue weighted by Gasteiger charge is -2.25. The van der Waals surface area contributed by atoms with Crippen molar-refractivity contribution in [3.8, 4) is 0 Å². The van der Waals surface area contributed by atoms with Gasteiger partial charge in [-0.25, -0.2) is 5.48 Å². The summed E-state index contributed by atoms with van der Waals surface area (Å²) in [7, 11) is 0. The molecule has 7 nitrogen and oxygen atoms in total. The lowest BCUT2D eigenvalue weighted by molar-refractivity contribution is -0.146. The van der Waals surface area contributed by atoms with Gasteiger partial charge in [-0.2, -0.15) is 0 Å². The van der Waals surface area contributed by atoms with Crippen molar-refractivity contribution in [3.63, 3.8) is 0 Å². The molecule has 0 unspecified atom stereocenters. The molecular weight excluding hydrogens is 384 g/mol. The van der Waals surface area contributed by atoms with Gasteiger partial charge in [-0.15, -0.1) is 0 Å². The number of rotatable bonds is 10. The van der Waals surface area contributed by atoms with E-state index in [9.17, 15) is 19.5 Å². The summed E-state index contributed by atoms with van der Waals surface area (Å²) in [5.74, 6) is -3.06.